The molecule has 0 aliphatic heterocycles. The number of carbonyl (C=O) groups is 1. The van der Waals surface area contributed by atoms with Gasteiger partial charge in [0.25, 0.3) is 0 Å². The number of thioether (sulfide) groups is 1. The number of benzene rings is 2. The summed E-state index contributed by atoms with van der Waals surface area (Å²) in [6, 6.07) is 15.8. The van der Waals surface area contributed by atoms with Gasteiger partial charge in [-0.1, -0.05) is 30.3 Å². The second-order valence-electron chi connectivity index (χ2n) is 6.47. The van der Waals surface area contributed by atoms with E-state index in [2.05, 4.69) is 4.98 Å². The van der Waals surface area contributed by atoms with Crippen molar-refractivity contribution in [2.24, 2.45) is 0 Å². The van der Waals surface area contributed by atoms with Gasteiger partial charge < -0.3 is 14.3 Å². The maximum Gasteiger partial charge on any atom is 0.313 e. The lowest BCUT2D eigenvalue weighted by molar-refractivity contribution is -0.133. The van der Waals surface area contributed by atoms with Crippen molar-refractivity contribution in [1.29, 1.82) is 0 Å². The van der Waals surface area contributed by atoms with Gasteiger partial charge in [-0.25, -0.2) is 4.98 Å². The third-order valence-corrected chi connectivity index (χ3v) is 5.26. The quantitative estimate of drug-likeness (QED) is 0.554. The average Bonchev–Trinajstić information content (AvgIpc) is 3.03. The van der Waals surface area contributed by atoms with Crippen molar-refractivity contribution >= 4 is 17.7 Å². The van der Waals surface area contributed by atoms with Crippen LogP contribution in [0.3, 0.4) is 0 Å². The van der Waals surface area contributed by atoms with E-state index in [4.69, 9.17) is 14.3 Å². The van der Waals surface area contributed by atoms with Crippen molar-refractivity contribution in [3.8, 4) is 17.2 Å². The molecular weight excluding hydrogens is 374 g/mol. The molecule has 3 rings (SSSR count). The Kier molecular flexibility index (Phi) is 6.76. The zero-order valence-corrected chi connectivity index (χ0v) is 16.8. The highest BCUT2D eigenvalue weighted by Crippen LogP contribution is 2.25. The van der Waals surface area contributed by atoms with Gasteiger partial charge in [0.15, 0.2) is 0 Å². The molecule has 6 heteroatoms. The number of oxazole rings is 1. The molecule has 28 heavy (non-hydrogen) atoms. The summed E-state index contributed by atoms with van der Waals surface area (Å²) in [6.07, 6.45) is 0.652. The number of ether oxygens (including phenoxy) is 1. The number of hydrogen-bond donors (Lipinski definition) is 1. The van der Waals surface area contributed by atoms with Crippen LogP contribution in [0, 0.1) is 13.8 Å². The Morgan fingerprint density at radius 3 is 2.79 bits per heavy atom. The van der Waals surface area contributed by atoms with Gasteiger partial charge >= 0.3 is 5.97 Å². The molecule has 0 aliphatic rings. The topological polar surface area (TPSA) is 72.6 Å². The predicted octanol–water partition coefficient (Wildman–Crippen LogP) is 4.90. The fourth-order valence-electron chi connectivity index (χ4n) is 2.83. The largest absolute Gasteiger partial charge is 0.493 e. The molecule has 146 valence electrons. The van der Waals surface area contributed by atoms with Crippen molar-refractivity contribution in [3.63, 3.8) is 0 Å². The Bertz CT molecular complexity index is 951. The maximum atomic E-state index is 10.6. The molecule has 0 unspecified atom stereocenters. The minimum Gasteiger partial charge on any atom is -0.493 e. The van der Waals surface area contributed by atoms with Crippen molar-refractivity contribution in [2.75, 3.05) is 12.4 Å². The Morgan fingerprint density at radius 1 is 1.18 bits per heavy atom. The molecule has 1 heterocycles. The second-order valence-corrected chi connectivity index (χ2v) is 7.45. The number of aryl methyl sites for hydroxylation is 2. The normalized spacial score (nSPS) is 10.8. The molecule has 0 bridgehead atoms. The van der Waals surface area contributed by atoms with E-state index in [-0.39, 0.29) is 5.75 Å². The number of nitrogens with zero attached hydrogens (tertiary/aromatic N) is 1. The molecule has 0 saturated heterocycles. The molecule has 5 nitrogen and oxygen atoms in total. The molecular formula is C22H23NO4S. The number of aliphatic carboxylic acids is 1. The van der Waals surface area contributed by atoms with Crippen molar-refractivity contribution < 1.29 is 19.1 Å². The summed E-state index contributed by atoms with van der Waals surface area (Å²) in [5.74, 6) is 2.16. The molecule has 0 fully saturated rings. The highest BCUT2D eigenvalue weighted by molar-refractivity contribution is 7.99. The van der Waals surface area contributed by atoms with Gasteiger partial charge in [0, 0.05) is 17.7 Å². The van der Waals surface area contributed by atoms with Gasteiger partial charge in [-0.2, -0.15) is 0 Å². The van der Waals surface area contributed by atoms with Crippen molar-refractivity contribution in [1.82, 2.24) is 4.98 Å². The van der Waals surface area contributed by atoms with Crippen LogP contribution in [0.4, 0.5) is 0 Å². The number of aromatic nitrogens is 1. The van der Waals surface area contributed by atoms with E-state index < -0.39 is 5.97 Å². The van der Waals surface area contributed by atoms with Gasteiger partial charge in [0.05, 0.1) is 18.1 Å². The number of carboxylic acids is 1. The Balaban J connectivity index is 1.57. The summed E-state index contributed by atoms with van der Waals surface area (Å²) < 4.78 is 11.7. The van der Waals surface area contributed by atoms with E-state index in [1.165, 1.54) is 11.8 Å². The molecule has 0 saturated carbocycles. The van der Waals surface area contributed by atoms with Gasteiger partial charge in [0.1, 0.15) is 11.5 Å². The zero-order valence-electron chi connectivity index (χ0n) is 16.0. The van der Waals surface area contributed by atoms with Crippen LogP contribution in [0.15, 0.2) is 52.9 Å². The molecule has 0 aliphatic carbocycles. The SMILES string of the molecule is Cc1ccccc1-c1nc(CCOc2cccc(CSCC(=O)O)c2)c(C)o1. The maximum absolute atomic E-state index is 10.6. The van der Waals surface area contributed by atoms with E-state index in [1.807, 2.05) is 62.4 Å². The van der Waals surface area contributed by atoms with Crippen LogP contribution in [-0.2, 0) is 17.0 Å². The smallest absolute Gasteiger partial charge is 0.313 e. The summed E-state index contributed by atoms with van der Waals surface area (Å²) in [5.41, 5.74) is 4.07. The summed E-state index contributed by atoms with van der Waals surface area (Å²) >= 11 is 1.37. The van der Waals surface area contributed by atoms with E-state index in [0.29, 0.717) is 24.7 Å². The van der Waals surface area contributed by atoms with Crippen LogP contribution in [-0.4, -0.2) is 28.4 Å². The van der Waals surface area contributed by atoms with Gasteiger partial charge in [-0.3, -0.25) is 4.79 Å². The van der Waals surface area contributed by atoms with Crippen LogP contribution < -0.4 is 4.74 Å². The first-order valence-electron chi connectivity index (χ1n) is 9.06. The molecule has 0 spiro atoms. The Hall–Kier alpha value is -2.73. The first-order valence-corrected chi connectivity index (χ1v) is 10.2. The zero-order chi connectivity index (χ0) is 19.9. The van der Waals surface area contributed by atoms with Crippen LogP contribution >= 0.6 is 11.8 Å². The summed E-state index contributed by atoms with van der Waals surface area (Å²) in [5, 5.41) is 8.72. The molecule has 1 N–H and O–H groups in total. The lowest BCUT2D eigenvalue weighted by atomic mass is 10.1. The van der Waals surface area contributed by atoms with Gasteiger partial charge in [0.2, 0.25) is 5.89 Å². The Labute approximate surface area is 168 Å². The first kappa shape index (κ1) is 20.0. The Morgan fingerprint density at radius 2 is 2.00 bits per heavy atom. The summed E-state index contributed by atoms with van der Waals surface area (Å²) in [7, 11) is 0. The fourth-order valence-corrected chi connectivity index (χ4v) is 3.53. The lowest BCUT2D eigenvalue weighted by Crippen LogP contribution is -2.03. The molecule has 2 aromatic carbocycles. The molecule has 0 amide bonds. The third-order valence-electron chi connectivity index (χ3n) is 4.27. The first-order chi connectivity index (χ1) is 13.5. The van der Waals surface area contributed by atoms with Crippen LogP contribution in [0.1, 0.15) is 22.6 Å². The standard InChI is InChI=1S/C22H23NO4S/c1-15-6-3-4-9-19(15)22-23-20(16(2)27-22)10-11-26-18-8-5-7-17(12-18)13-28-14-21(24)25/h3-9,12H,10-11,13-14H2,1-2H3,(H,24,25). The van der Waals surface area contributed by atoms with Gasteiger partial charge in [-0.15, -0.1) is 11.8 Å². The predicted molar refractivity (Wildman–Crippen MR) is 111 cm³/mol. The molecule has 0 atom stereocenters. The van der Waals surface area contributed by atoms with Gasteiger partial charge in [-0.05, 0) is 43.2 Å². The fraction of sp³-hybridized carbons (Fsp3) is 0.273. The van der Waals surface area contributed by atoms with Crippen LogP contribution in [0.5, 0.6) is 5.75 Å². The van der Waals surface area contributed by atoms with E-state index in [9.17, 15) is 4.79 Å². The highest BCUT2D eigenvalue weighted by atomic mass is 32.2. The lowest BCUT2D eigenvalue weighted by Gasteiger charge is -2.07. The average molecular weight is 397 g/mol. The minimum absolute atomic E-state index is 0.0970. The highest BCUT2D eigenvalue weighted by Gasteiger charge is 2.13. The number of rotatable bonds is 9. The van der Waals surface area contributed by atoms with E-state index >= 15 is 0 Å². The van der Waals surface area contributed by atoms with Crippen LogP contribution in [0.25, 0.3) is 11.5 Å². The third kappa shape index (κ3) is 5.39. The molecule has 1 aromatic heterocycles. The minimum atomic E-state index is -0.801. The molecule has 0 radical (unpaired) electrons. The summed E-state index contributed by atoms with van der Waals surface area (Å²) in [4.78, 5) is 15.3. The molecule has 3 aromatic rings. The number of carboxylic acid groups (broad SMARTS) is 1. The monoisotopic (exact) mass is 397 g/mol. The van der Waals surface area contributed by atoms with Crippen LogP contribution in [0.2, 0.25) is 0 Å². The number of hydrogen-bond acceptors (Lipinski definition) is 5. The van der Waals surface area contributed by atoms with Crippen molar-refractivity contribution in [3.05, 3.63) is 71.1 Å². The second kappa shape index (κ2) is 9.46. The van der Waals surface area contributed by atoms with Crippen molar-refractivity contribution in [2.45, 2.75) is 26.0 Å². The van der Waals surface area contributed by atoms with E-state index in [1.54, 1.807) is 0 Å². The van der Waals surface area contributed by atoms with E-state index in [0.717, 1.165) is 33.9 Å². The summed E-state index contributed by atoms with van der Waals surface area (Å²) in [6.45, 7) is 4.45.